The van der Waals surface area contributed by atoms with Gasteiger partial charge in [0.25, 0.3) is 0 Å². The molecule has 0 bridgehead atoms. The average molecular weight is 297 g/mol. The average Bonchev–Trinajstić information content (AvgIpc) is 2.45. The zero-order valence-electron chi connectivity index (χ0n) is 12.3. The van der Waals surface area contributed by atoms with Crippen LogP contribution in [-0.4, -0.2) is 28.4 Å². The summed E-state index contributed by atoms with van der Waals surface area (Å²) >= 11 is 0. The second kappa shape index (κ2) is 6.59. The van der Waals surface area contributed by atoms with Gasteiger partial charge in [-0.1, -0.05) is 26.8 Å². The fourth-order valence-electron chi connectivity index (χ4n) is 2.02. The number of nitrogens with two attached hydrogens (primary N) is 1. The highest BCUT2D eigenvalue weighted by Crippen LogP contribution is 2.32. The van der Waals surface area contributed by atoms with Crippen LogP contribution in [0.1, 0.15) is 32.4 Å². The number of hydrogen-bond donors (Lipinski definition) is 1. The van der Waals surface area contributed by atoms with Gasteiger partial charge in [0, 0.05) is 27.8 Å². The van der Waals surface area contributed by atoms with E-state index in [1.807, 2.05) is 25.1 Å². The highest BCUT2D eigenvalue weighted by molar-refractivity contribution is 7.85. The molecule has 20 heavy (non-hydrogen) atoms. The van der Waals surface area contributed by atoms with E-state index in [-0.39, 0.29) is 11.3 Å². The number of rotatable bonds is 5. The molecule has 0 aromatic heterocycles. The number of hydrogen-bond acceptors (Lipinski definition) is 4. The van der Waals surface area contributed by atoms with Crippen LogP contribution in [0.25, 0.3) is 0 Å². The Hall–Kier alpha value is -1.07. The Morgan fingerprint density at radius 1 is 1.20 bits per heavy atom. The minimum atomic E-state index is -0.924. The van der Waals surface area contributed by atoms with Crippen LogP contribution in [0.3, 0.4) is 0 Å². The summed E-state index contributed by atoms with van der Waals surface area (Å²) in [6, 6.07) is 5.46. The summed E-state index contributed by atoms with van der Waals surface area (Å²) in [4.78, 5) is 0. The fraction of sp³-hybridized carbons (Fsp3) is 0.600. The summed E-state index contributed by atoms with van der Waals surface area (Å²) in [6.45, 7) is 7.31. The Morgan fingerprint density at radius 3 is 2.50 bits per heavy atom. The molecule has 3 unspecified atom stereocenters. The van der Waals surface area contributed by atoms with E-state index in [1.54, 1.807) is 0 Å². The standard InChI is InChI=1S/C15H23NO3S/c1-10(2)11(3)20(17)9-13(16)12-4-5-14-15(8-12)19-7-6-18-14/h4-5,8,10-11,13H,6-7,9,16H2,1-3H3. The predicted octanol–water partition coefficient (Wildman–Crippen LogP) is 2.25. The lowest BCUT2D eigenvalue weighted by Crippen LogP contribution is -2.26. The molecule has 0 aliphatic carbocycles. The largest absolute Gasteiger partial charge is 0.486 e. The predicted molar refractivity (Wildman–Crippen MR) is 81.7 cm³/mol. The maximum Gasteiger partial charge on any atom is 0.161 e. The van der Waals surface area contributed by atoms with E-state index in [0.717, 1.165) is 17.1 Å². The molecule has 0 spiro atoms. The van der Waals surface area contributed by atoms with Gasteiger partial charge in [-0.2, -0.15) is 0 Å². The van der Waals surface area contributed by atoms with Gasteiger partial charge in [-0.15, -0.1) is 0 Å². The van der Waals surface area contributed by atoms with Gasteiger partial charge >= 0.3 is 0 Å². The van der Waals surface area contributed by atoms with Crippen molar-refractivity contribution >= 4 is 10.8 Å². The second-order valence-electron chi connectivity index (χ2n) is 5.51. The lowest BCUT2D eigenvalue weighted by molar-refractivity contribution is 0.171. The number of benzene rings is 1. The van der Waals surface area contributed by atoms with Crippen molar-refractivity contribution in [3.8, 4) is 11.5 Å². The van der Waals surface area contributed by atoms with Crippen LogP contribution in [0, 0.1) is 5.92 Å². The summed E-state index contributed by atoms with van der Waals surface area (Å²) in [6.07, 6.45) is 0. The Balaban J connectivity index is 2.06. The maximum absolute atomic E-state index is 12.2. The van der Waals surface area contributed by atoms with E-state index >= 15 is 0 Å². The first-order valence-electron chi connectivity index (χ1n) is 7.01. The zero-order valence-corrected chi connectivity index (χ0v) is 13.1. The molecule has 1 aliphatic heterocycles. The van der Waals surface area contributed by atoms with Crippen LogP contribution < -0.4 is 15.2 Å². The Bertz CT molecular complexity index is 490. The van der Waals surface area contributed by atoms with Gasteiger partial charge in [-0.3, -0.25) is 4.21 Å². The third-order valence-corrected chi connectivity index (χ3v) is 5.75. The Labute approximate surface area is 123 Å². The first-order chi connectivity index (χ1) is 9.49. The molecule has 1 aromatic carbocycles. The normalized spacial score (nSPS) is 18.6. The fourth-order valence-corrected chi connectivity index (χ4v) is 3.48. The monoisotopic (exact) mass is 297 g/mol. The quantitative estimate of drug-likeness (QED) is 0.905. The molecule has 0 amide bonds. The van der Waals surface area contributed by atoms with Gasteiger partial charge in [0.15, 0.2) is 11.5 Å². The van der Waals surface area contributed by atoms with Gasteiger partial charge in [-0.05, 0) is 23.6 Å². The minimum absolute atomic E-state index is 0.151. The summed E-state index contributed by atoms with van der Waals surface area (Å²) < 4.78 is 23.3. The molecule has 0 saturated carbocycles. The molecule has 2 N–H and O–H groups in total. The lowest BCUT2D eigenvalue weighted by Gasteiger charge is -2.21. The van der Waals surface area contributed by atoms with Crippen LogP contribution in [0.5, 0.6) is 11.5 Å². The summed E-state index contributed by atoms with van der Waals surface area (Å²) in [7, 11) is -0.924. The van der Waals surface area contributed by atoms with Gasteiger partial charge in [0.1, 0.15) is 13.2 Å². The summed E-state index contributed by atoms with van der Waals surface area (Å²) in [5.74, 6) is 2.35. The zero-order chi connectivity index (χ0) is 14.7. The van der Waals surface area contributed by atoms with Gasteiger partial charge < -0.3 is 15.2 Å². The molecule has 3 atom stereocenters. The molecule has 2 rings (SSSR count). The van der Waals surface area contributed by atoms with Crippen molar-refractivity contribution in [2.24, 2.45) is 11.7 Å². The number of fused-ring (bicyclic) bond motifs is 1. The maximum atomic E-state index is 12.2. The molecule has 1 aliphatic rings. The van der Waals surface area contributed by atoms with Crippen molar-refractivity contribution in [1.82, 2.24) is 0 Å². The minimum Gasteiger partial charge on any atom is -0.486 e. The van der Waals surface area contributed by atoms with Gasteiger partial charge in [0.2, 0.25) is 0 Å². The number of ether oxygens (including phenoxy) is 2. The molecular formula is C15H23NO3S. The van der Waals surface area contributed by atoms with Crippen molar-refractivity contribution < 1.29 is 13.7 Å². The molecule has 5 heteroatoms. The van der Waals surface area contributed by atoms with E-state index in [4.69, 9.17) is 15.2 Å². The topological polar surface area (TPSA) is 61.6 Å². The van der Waals surface area contributed by atoms with E-state index in [1.165, 1.54) is 0 Å². The van der Waals surface area contributed by atoms with Crippen molar-refractivity contribution in [3.05, 3.63) is 23.8 Å². The van der Waals surface area contributed by atoms with Gasteiger partial charge in [-0.25, -0.2) is 0 Å². The highest BCUT2D eigenvalue weighted by atomic mass is 32.2. The first-order valence-corrected chi connectivity index (χ1v) is 8.39. The first kappa shape index (κ1) is 15.3. The molecular weight excluding hydrogens is 274 g/mol. The van der Waals surface area contributed by atoms with Crippen LogP contribution in [0.15, 0.2) is 18.2 Å². The third-order valence-electron chi connectivity index (χ3n) is 3.69. The third kappa shape index (κ3) is 3.52. The van der Waals surface area contributed by atoms with Crippen molar-refractivity contribution in [2.75, 3.05) is 19.0 Å². The summed E-state index contributed by atoms with van der Waals surface area (Å²) in [5.41, 5.74) is 7.12. The van der Waals surface area contributed by atoms with Crippen molar-refractivity contribution in [2.45, 2.75) is 32.1 Å². The van der Waals surface area contributed by atoms with Crippen LogP contribution >= 0.6 is 0 Å². The molecule has 112 valence electrons. The summed E-state index contributed by atoms with van der Waals surface area (Å²) in [5, 5.41) is 0.151. The Kier molecular flexibility index (Phi) is 5.05. The van der Waals surface area contributed by atoms with Crippen molar-refractivity contribution in [1.29, 1.82) is 0 Å². The molecule has 1 heterocycles. The van der Waals surface area contributed by atoms with Gasteiger partial charge in [0.05, 0.1) is 0 Å². The molecule has 4 nitrogen and oxygen atoms in total. The second-order valence-corrected chi connectivity index (χ2v) is 7.34. The van der Waals surface area contributed by atoms with Crippen LogP contribution in [0.2, 0.25) is 0 Å². The SMILES string of the molecule is CC(C)C(C)S(=O)CC(N)c1ccc2c(c1)OCCO2. The van der Waals surface area contributed by atoms with E-state index in [2.05, 4.69) is 13.8 Å². The molecule has 0 fully saturated rings. The van der Waals surface area contributed by atoms with Crippen LogP contribution in [0.4, 0.5) is 0 Å². The van der Waals surface area contributed by atoms with E-state index < -0.39 is 10.8 Å². The molecule has 0 radical (unpaired) electrons. The van der Waals surface area contributed by atoms with E-state index in [0.29, 0.717) is 24.9 Å². The van der Waals surface area contributed by atoms with E-state index in [9.17, 15) is 4.21 Å². The highest BCUT2D eigenvalue weighted by Gasteiger charge is 2.20. The molecule has 0 saturated heterocycles. The smallest absolute Gasteiger partial charge is 0.161 e. The Morgan fingerprint density at radius 2 is 1.85 bits per heavy atom. The van der Waals surface area contributed by atoms with Crippen molar-refractivity contribution in [3.63, 3.8) is 0 Å². The molecule has 1 aromatic rings. The lowest BCUT2D eigenvalue weighted by atomic mass is 10.1. The van der Waals surface area contributed by atoms with Crippen LogP contribution in [-0.2, 0) is 10.8 Å².